The van der Waals surface area contributed by atoms with Gasteiger partial charge in [0.05, 0.1) is 0 Å². The summed E-state index contributed by atoms with van der Waals surface area (Å²) in [6.45, 7) is 2.97. The van der Waals surface area contributed by atoms with Crippen molar-refractivity contribution in [3.05, 3.63) is 29.3 Å². The van der Waals surface area contributed by atoms with Crippen LogP contribution in [0.25, 0.3) is 0 Å². The Kier molecular flexibility index (Phi) is 3.57. The van der Waals surface area contributed by atoms with Crippen molar-refractivity contribution in [1.82, 2.24) is 5.32 Å². The molecule has 1 aromatic carbocycles. The van der Waals surface area contributed by atoms with E-state index < -0.39 is 0 Å². The summed E-state index contributed by atoms with van der Waals surface area (Å²) in [5.41, 5.74) is 2.89. The van der Waals surface area contributed by atoms with Gasteiger partial charge in [-0.3, -0.25) is 0 Å². The zero-order valence-corrected chi connectivity index (χ0v) is 10.9. The van der Waals surface area contributed by atoms with Crippen LogP contribution in [0, 0.1) is 0 Å². The van der Waals surface area contributed by atoms with Crippen LogP contribution in [-0.2, 0) is 13.0 Å². The monoisotopic (exact) mass is 249 g/mol. The van der Waals surface area contributed by atoms with Crippen molar-refractivity contribution in [2.75, 3.05) is 18.9 Å². The van der Waals surface area contributed by atoms with Gasteiger partial charge in [0.15, 0.2) is 0 Å². The van der Waals surface area contributed by atoms with Crippen molar-refractivity contribution < 1.29 is 4.74 Å². The van der Waals surface area contributed by atoms with Crippen molar-refractivity contribution in [2.24, 2.45) is 0 Å². The summed E-state index contributed by atoms with van der Waals surface area (Å²) in [4.78, 5) is 0. The van der Waals surface area contributed by atoms with Crippen molar-refractivity contribution in [1.29, 1.82) is 0 Å². The fourth-order valence-corrected chi connectivity index (χ4v) is 3.68. The van der Waals surface area contributed by atoms with Crippen LogP contribution in [0.15, 0.2) is 18.2 Å². The van der Waals surface area contributed by atoms with Gasteiger partial charge in [-0.05, 0) is 54.8 Å². The highest BCUT2D eigenvalue weighted by Gasteiger charge is 2.16. The number of thioether (sulfide) groups is 1. The first-order valence-electron chi connectivity index (χ1n) is 6.49. The molecule has 92 valence electrons. The lowest BCUT2D eigenvalue weighted by atomic mass is 10.0. The summed E-state index contributed by atoms with van der Waals surface area (Å²) in [7, 11) is 0. The van der Waals surface area contributed by atoms with E-state index in [2.05, 4.69) is 35.3 Å². The molecule has 0 bridgehead atoms. The highest BCUT2D eigenvalue weighted by molar-refractivity contribution is 8.00. The Balaban J connectivity index is 1.62. The lowest BCUT2D eigenvalue weighted by molar-refractivity contribution is 0.314. The molecule has 0 spiro atoms. The quantitative estimate of drug-likeness (QED) is 0.889. The Morgan fingerprint density at radius 1 is 1.35 bits per heavy atom. The maximum absolute atomic E-state index is 5.91. The topological polar surface area (TPSA) is 21.3 Å². The molecule has 2 heterocycles. The molecule has 0 radical (unpaired) electrons. The van der Waals surface area contributed by atoms with E-state index in [4.69, 9.17) is 4.74 Å². The fraction of sp³-hybridized carbons (Fsp3) is 0.571. The molecule has 3 heteroatoms. The third kappa shape index (κ3) is 2.78. The van der Waals surface area contributed by atoms with Gasteiger partial charge in [-0.1, -0.05) is 6.07 Å². The van der Waals surface area contributed by atoms with E-state index in [1.54, 1.807) is 0 Å². The van der Waals surface area contributed by atoms with E-state index in [-0.39, 0.29) is 0 Å². The first-order valence-corrected chi connectivity index (χ1v) is 7.53. The summed E-state index contributed by atoms with van der Waals surface area (Å²) in [5.74, 6) is 2.35. The number of benzene rings is 1. The summed E-state index contributed by atoms with van der Waals surface area (Å²) in [6, 6.07) is 6.57. The van der Waals surface area contributed by atoms with Crippen molar-refractivity contribution >= 4 is 11.8 Å². The van der Waals surface area contributed by atoms with Gasteiger partial charge in [-0.25, -0.2) is 0 Å². The lowest BCUT2D eigenvalue weighted by Crippen LogP contribution is -2.23. The summed E-state index contributed by atoms with van der Waals surface area (Å²) >= 11 is 2.05. The van der Waals surface area contributed by atoms with E-state index in [0.717, 1.165) is 31.9 Å². The lowest BCUT2D eigenvalue weighted by Gasteiger charge is -2.18. The van der Waals surface area contributed by atoms with Gasteiger partial charge < -0.3 is 10.1 Å². The minimum Gasteiger partial charge on any atom is -0.492 e. The van der Waals surface area contributed by atoms with Crippen LogP contribution in [0.5, 0.6) is 5.75 Å². The molecule has 17 heavy (non-hydrogen) atoms. The summed E-state index contributed by atoms with van der Waals surface area (Å²) in [6.07, 6.45) is 3.82. The third-order valence-electron chi connectivity index (χ3n) is 3.52. The Morgan fingerprint density at radius 2 is 2.35 bits per heavy atom. The molecule has 1 N–H and O–H groups in total. The van der Waals surface area contributed by atoms with E-state index >= 15 is 0 Å². The first-order chi connectivity index (χ1) is 8.42. The molecule has 2 aliphatic rings. The van der Waals surface area contributed by atoms with Crippen molar-refractivity contribution in [2.45, 2.75) is 31.1 Å². The minimum atomic E-state index is 0.712. The molecule has 0 aliphatic carbocycles. The second-order valence-electron chi connectivity index (χ2n) is 4.80. The first kappa shape index (κ1) is 11.4. The Hall–Kier alpha value is -0.670. The van der Waals surface area contributed by atoms with Gasteiger partial charge in [0.1, 0.15) is 12.4 Å². The molecule has 1 saturated heterocycles. The molecule has 0 amide bonds. The molecule has 0 saturated carbocycles. The summed E-state index contributed by atoms with van der Waals surface area (Å²) in [5, 5.41) is 4.12. The van der Waals surface area contributed by atoms with Gasteiger partial charge >= 0.3 is 0 Å². The number of hydrogen-bond donors (Lipinski definition) is 1. The molecule has 3 rings (SSSR count). The average molecular weight is 249 g/mol. The largest absolute Gasteiger partial charge is 0.492 e. The molecule has 1 aromatic rings. The Labute approximate surface area is 107 Å². The van der Waals surface area contributed by atoms with Crippen molar-refractivity contribution in [3.63, 3.8) is 0 Å². The van der Waals surface area contributed by atoms with Crippen LogP contribution in [-0.4, -0.2) is 24.2 Å². The number of nitrogens with one attached hydrogen (secondary N) is 1. The zero-order valence-electron chi connectivity index (χ0n) is 10.1. The van der Waals surface area contributed by atoms with Crippen LogP contribution in [0.3, 0.4) is 0 Å². The second-order valence-corrected chi connectivity index (χ2v) is 6.21. The van der Waals surface area contributed by atoms with Gasteiger partial charge in [-0.15, -0.1) is 0 Å². The van der Waals surface area contributed by atoms with Crippen LogP contribution < -0.4 is 10.1 Å². The molecule has 1 atom stereocenters. The van der Waals surface area contributed by atoms with Crippen molar-refractivity contribution in [3.8, 4) is 5.75 Å². The number of hydrogen-bond acceptors (Lipinski definition) is 3. The normalized spacial score (nSPS) is 23.4. The zero-order chi connectivity index (χ0) is 11.5. The Bertz CT molecular complexity index is 388. The highest BCUT2D eigenvalue weighted by atomic mass is 32.2. The van der Waals surface area contributed by atoms with Crippen LogP contribution in [0.1, 0.15) is 24.0 Å². The maximum Gasteiger partial charge on any atom is 0.119 e. The van der Waals surface area contributed by atoms with Gasteiger partial charge in [0.25, 0.3) is 0 Å². The molecule has 0 aromatic heterocycles. The standard InChI is InChI=1S/C14H19NOS/c1-2-14(17-7-1)10-16-13-4-3-11-5-6-15-9-12(11)8-13/h3-4,8,14-15H,1-2,5-7,9-10H2. The van der Waals surface area contributed by atoms with E-state index in [9.17, 15) is 0 Å². The van der Waals surface area contributed by atoms with E-state index in [0.29, 0.717) is 5.25 Å². The van der Waals surface area contributed by atoms with E-state index in [1.165, 1.54) is 29.7 Å². The van der Waals surface area contributed by atoms with Crippen LogP contribution in [0.4, 0.5) is 0 Å². The number of rotatable bonds is 3. The minimum absolute atomic E-state index is 0.712. The van der Waals surface area contributed by atoms with Gasteiger partial charge in [-0.2, -0.15) is 11.8 Å². The number of ether oxygens (including phenoxy) is 1. The summed E-state index contributed by atoms with van der Waals surface area (Å²) < 4.78 is 5.91. The van der Waals surface area contributed by atoms with Crippen LogP contribution >= 0.6 is 11.8 Å². The van der Waals surface area contributed by atoms with Crippen LogP contribution in [0.2, 0.25) is 0 Å². The smallest absolute Gasteiger partial charge is 0.119 e. The second kappa shape index (κ2) is 5.32. The molecular weight excluding hydrogens is 230 g/mol. The molecular formula is C14H19NOS. The SMILES string of the molecule is c1cc2c(cc1OCC1CCCS1)CNCC2. The maximum atomic E-state index is 5.91. The molecule has 1 fully saturated rings. The molecule has 2 aliphatic heterocycles. The van der Waals surface area contributed by atoms with E-state index in [1.807, 2.05) is 0 Å². The average Bonchev–Trinajstić information content (AvgIpc) is 2.89. The number of fused-ring (bicyclic) bond motifs is 1. The third-order valence-corrected chi connectivity index (χ3v) is 4.89. The molecule has 2 nitrogen and oxygen atoms in total. The predicted octanol–water partition coefficient (Wildman–Crippen LogP) is 2.61. The highest BCUT2D eigenvalue weighted by Crippen LogP contribution is 2.27. The Morgan fingerprint density at radius 3 is 3.24 bits per heavy atom. The van der Waals surface area contributed by atoms with Gasteiger partial charge in [0, 0.05) is 11.8 Å². The molecule has 1 unspecified atom stereocenters. The van der Waals surface area contributed by atoms with Gasteiger partial charge in [0.2, 0.25) is 0 Å². The predicted molar refractivity (Wildman–Crippen MR) is 72.8 cm³/mol. The fourth-order valence-electron chi connectivity index (χ4n) is 2.51.